The number of hydrogen-bond acceptors (Lipinski definition) is 4. The Hall–Kier alpha value is -2.96. The highest BCUT2D eigenvalue weighted by molar-refractivity contribution is 6.01. The predicted octanol–water partition coefficient (Wildman–Crippen LogP) is 3.08. The van der Waals surface area contributed by atoms with E-state index in [0.29, 0.717) is 23.6 Å². The van der Waals surface area contributed by atoms with Gasteiger partial charge in [-0.05, 0) is 51.0 Å². The molecule has 1 aromatic heterocycles. The van der Waals surface area contributed by atoms with E-state index in [0.717, 1.165) is 18.5 Å². The second-order valence-corrected chi connectivity index (χ2v) is 7.93. The van der Waals surface area contributed by atoms with Gasteiger partial charge in [0.05, 0.1) is 20.8 Å². The first-order chi connectivity index (χ1) is 14.4. The number of rotatable bonds is 9. The summed E-state index contributed by atoms with van der Waals surface area (Å²) in [5, 5.41) is 0. The van der Waals surface area contributed by atoms with Crippen molar-refractivity contribution in [2.75, 3.05) is 20.8 Å². The van der Waals surface area contributed by atoms with E-state index in [4.69, 9.17) is 9.47 Å². The second-order valence-electron chi connectivity index (χ2n) is 7.93. The number of benzene rings is 1. The molecule has 2 amide bonds. The van der Waals surface area contributed by atoms with E-state index in [1.807, 2.05) is 48.7 Å². The maximum absolute atomic E-state index is 13.5. The smallest absolute Gasteiger partial charge is 0.262 e. The molecule has 1 heterocycles. The summed E-state index contributed by atoms with van der Waals surface area (Å²) < 4.78 is 12.8. The van der Waals surface area contributed by atoms with Crippen LogP contribution in [0.1, 0.15) is 42.7 Å². The highest BCUT2D eigenvalue weighted by atomic mass is 16.5. The molecule has 0 spiro atoms. The van der Waals surface area contributed by atoms with Crippen LogP contribution in [0.3, 0.4) is 0 Å². The number of carbonyl (C=O) groups excluding carboxylic acids is 2. The highest BCUT2D eigenvalue weighted by Crippen LogP contribution is 2.31. The summed E-state index contributed by atoms with van der Waals surface area (Å²) in [7, 11) is 5.01. The molecule has 30 heavy (non-hydrogen) atoms. The van der Waals surface area contributed by atoms with Gasteiger partial charge in [0.2, 0.25) is 5.91 Å². The van der Waals surface area contributed by atoms with Crippen molar-refractivity contribution in [3.05, 3.63) is 47.8 Å². The van der Waals surface area contributed by atoms with Gasteiger partial charge in [0, 0.05) is 31.0 Å². The quantitative estimate of drug-likeness (QED) is 0.634. The minimum atomic E-state index is -0.276. The lowest BCUT2D eigenvalue weighted by atomic mass is 10.1. The van der Waals surface area contributed by atoms with Crippen molar-refractivity contribution in [3.63, 3.8) is 0 Å². The van der Waals surface area contributed by atoms with Gasteiger partial charge >= 0.3 is 0 Å². The Morgan fingerprint density at radius 2 is 1.73 bits per heavy atom. The number of nitrogens with zero attached hydrogens (tertiary/aromatic N) is 3. The van der Waals surface area contributed by atoms with E-state index < -0.39 is 0 Å². The van der Waals surface area contributed by atoms with Gasteiger partial charge in [-0.25, -0.2) is 0 Å². The third kappa shape index (κ3) is 4.61. The Balaban J connectivity index is 1.84. The molecule has 0 atom stereocenters. The van der Waals surface area contributed by atoms with Gasteiger partial charge < -0.3 is 23.8 Å². The van der Waals surface area contributed by atoms with Crippen LogP contribution in [-0.4, -0.2) is 59.0 Å². The molecule has 1 fully saturated rings. The van der Waals surface area contributed by atoms with E-state index in [1.165, 1.54) is 14.2 Å². The number of amides is 2. The SMILES string of the molecule is COc1cccc(OC)c1C(=O)N(CC(=O)N(Cc1cccn1C)C1CC1)C(C)C. The molecule has 1 saturated carbocycles. The summed E-state index contributed by atoms with van der Waals surface area (Å²) in [5.74, 6) is 0.539. The molecular weight excluding hydrogens is 382 g/mol. The van der Waals surface area contributed by atoms with Gasteiger partial charge in [0.15, 0.2) is 0 Å². The maximum Gasteiger partial charge on any atom is 0.262 e. The fourth-order valence-corrected chi connectivity index (χ4v) is 3.57. The van der Waals surface area contributed by atoms with Crippen LogP contribution in [0.4, 0.5) is 0 Å². The molecule has 1 aliphatic rings. The maximum atomic E-state index is 13.5. The molecule has 3 rings (SSSR count). The number of aryl methyl sites for hydroxylation is 1. The van der Waals surface area contributed by atoms with Gasteiger partial charge in [-0.1, -0.05) is 6.07 Å². The predicted molar refractivity (Wildman–Crippen MR) is 115 cm³/mol. The van der Waals surface area contributed by atoms with Crippen LogP contribution < -0.4 is 9.47 Å². The summed E-state index contributed by atoms with van der Waals surface area (Å²) >= 11 is 0. The van der Waals surface area contributed by atoms with Gasteiger partial charge in [-0.2, -0.15) is 0 Å². The summed E-state index contributed by atoms with van der Waals surface area (Å²) in [4.78, 5) is 30.2. The molecule has 0 unspecified atom stereocenters. The van der Waals surface area contributed by atoms with Crippen molar-refractivity contribution < 1.29 is 19.1 Å². The number of hydrogen-bond donors (Lipinski definition) is 0. The molecule has 1 aliphatic carbocycles. The topological polar surface area (TPSA) is 64.0 Å². The van der Waals surface area contributed by atoms with Crippen molar-refractivity contribution in [2.45, 2.75) is 45.3 Å². The van der Waals surface area contributed by atoms with Crippen molar-refractivity contribution in [3.8, 4) is 11.5 Å². The van der Waals surface area contributed by atoms with Gasteiger partial charge in [-0.15, -0.1) is 0 Å². The first kappa shape index (κ1) is 21.7. The first-order valence-electron chi connectivity index (χ1n) is 10.3. The molecular formula is C23H31N3O4. The van der Waals surface area contributed by atoms with E-state index in [9.17, 15) is 9.59 Å². The Labute approximate surface area is 178 Å². The van der Waals surface area contributed by atoms with Gasteiger partial charge in [0.25, 0.3) is 5.91 Å². The molecule has 0 bridgehead atoms. The Kier molecular flexibility index (Phi) is 6.70. The molecule has 1 aromatic carbocycles. The second kappa shape index (κ2) is 9.24. The van der Waals surface area contributed by atoms with Crippen LogP contribution in [0.15, 0.2) is 36.5 Å². The Bertz CT molecular complexity index is 879. The van der Waals surface area contributed by atoms with E-state index in [-0.39, 0.29) is 30.4 Å². The molecule has 0 N–H and O–H groups in total. The molecule has 0 aliphatic heterocycles. The minimum Gasteiger partial charge on any atom is -0.496 e. The third-order valence-electron chi connectivity index (χ3n) is 5.52. The molecule has 162 valence electrons. The fraction of sp³-hybridized carbons (Fsp3) is 0.478. The number of aromatic nitrogens is 1. The number of methoxy groups -OCH3 is 2. The summed E-state index contributed by atoms with van der Waals surface area (Å²) in [6.07, 6.45) is 3.99. The fourth-order valence-electron chi connectivity index (χ4n) is 3.57. The average molecular weight is 414 g/mol. The molecule has 2 aromatic rings. The van der Waals surface area contributed by atoms with Crippen LogP contribution in [0, 0.1) is 0 Å². The number of ether oxygens (including phenoxy) is 2. The van der Waals surface area contributed by atoms with E-state index in [2.05, 4.69) is 0 Å². The largest absolute Gasteiger partial charge is 0.496 e. The number of carbonyl (C=O) groups is 2. The lowest BCUT2D eigenvalue weighted by Crippen LogP contribution is -2.46. The lowest BCUT2D eigenvalue weighted by Gasteiger charge is -2.31. The van der Waals surface area contributed by atoms with Crippen LogP contribution in [0.2, 0.25) is 0 Å². The van der Waals surface area contributed by atoms with E-state index >= 15 is 0 Å². The van der Waals surface area contributed by atoms with Crippen LogP contribution >= 0.6 is 0 Å². The van der Waals surface area contributed by atoms with Gasteiger partial charge in [0.1, 0.15) is 23.6 Å². The lowest BCUT2D eigenvalue weighted by molar-refractivity contribution is -0.133. The molecule has 7 nitrogen and oxygen atoms in total. The van der Waals surface area contributed by atoms with Crippen LogP contribution in [-0.2, 0) is 18.4 Å². The van der Waals surface area contributed by atoms with Crippen molar-refractivity contribution >= 4 is 11.8 Å². The third-order valence-corrected chi connectivity index (χ3v) is 5.52. The summed E-state index contributed by atoms with van der Waals surface area (Å²) in [5.41, 5.74) is 1.41. The first-order valence-corrected chi connectivity index (χ1v) is 10.3. The highest BCUT2D eigenvalue weighted by Gasteiger charge is 2.35. The zero-order valence-electron chi connectivity index (χ0n) is 18.4. The Morgan fingerprint density at radius 3 is 2.20 bits per heavy atom. The summed E-state index contributed by atoms with van der Waals surface area (Å²) in [6, 6.07) is 9.30. The zero-order chi connectivity index (χ0) is 21.8. The van der Waals surface area contributed by atoms with Crippen LogP contribution in [0.5, 0.6) is 11.5 Å². The zero-order valence-corrected chi connectivity index (χ0v) is 18.4. The molecule has 0 radical (unpaired) electrons. The van der Waals surface area contributed by atoms with Crippen molar-refractivity contribution in [1.82, 2.24) is 14.4 Å². The molecule has 0 saturated heterocycles. The van der Waals surface area contributed by atoms with Crippen molar-refractivity contribution in [1.29, 1.82) is 0 Å². The molecule has 7 heteroatoms. The van der Waals surface area contributed by atoms with Gasteiger partial charge in [-0.3, -0.25) is 9.59 Å². The normalized spacial score (nSPS) is 13.3. The average Bonchev–Trinajstić information content (AvgIpc) is 3.50. The Morgan fingerprint density at radius 1 is 1.10 bits per heavy atom. The standard InChI is InChI=1S/C23H31N3O4/c1-16(2)25(23(28)22-19(29-4)9-6-10-20(22)30-5)15-21(27)26(17-11-12-17)14-18-8-7-13-24(18)3/h6-10,13,16-17H,11-12,14-15H2,1-5H3. The van der Waals surface area contributed by atoms with Crippen LogP contribution in [0.25, 0.3) is 0 Å². The van der Waals surface area contributed by atoms with E-state index in [1.54, 1.807) is 23.1 Å². The summed E-state index contributed by atoms with van der Waals surface area (Å²) in [6.45, 7) is 4.38. The monoisotopic (exact) mass is 413 g/mol. The minimum absolute atomic E-state index is 0.0125. The van der Waals surface area contributed by atoms with Crippen molar-refractivity contribution in [2.24, 2.45) is 7.05 Å².